The summed E-state index contributed by atoms with van der Waals surface area (Å²) < 4.78 is 5.71. The van der Waals surface area contributed by atoms with Crippen LogP contribution in [0.5, 0.6) is 0 Å². The maximum absolute atomic E-state index is 12.4. The molecule has 0 bridgehead atoms. The first-order valence-electron chi connectivity index (χ1n) is 8.43. The zero-order valence-electron chi connectivity index (χ0n) is 14.9. The van der Waals surface area contributed by atoms with Gasteiger partial charge in [0.15, 0.2) is 6.61 Å². The summed E-state index contributed by atoms with van der Waals surface area (Å²) in [6, 6.07) is 11.1. The molecule has 2 N–H and O–H groups in total. The van der Waals surface area contributed by atoms with Gasteiger partial charge in [-0.1, -0.05) is 41.4 Å². The smallest absolute Gasteiger partial charge is 0.328 e. The second-order valence-corrected chi connectivity index (χ2v) is 6.89. The highest BCUT2D eigenvalue weighted by Gasteiger charge is 2.13. The van der Waals surface area contributed by atoms with E-state index < -0.39 is 36.1 Å². The summed E-state index contributed by atoms with van der Waals surface area (Å²) in [5, 5.41) is 6.15. The molecule has 29 heavy (non-hydrogen) atoms. The van der Waals surface area contributed by atoms with Gasteiger partial charge in [-0.25, -0.2) is 4.68 Å². The topological polar surface area (TPSA) is 110 Å². The van der Waals surface area contributed by atoms with E-state index in [1.54, 1.807) is 30.3 Å². The second-order valence-electron chi connectivity index (χ2n) is 6.05. The fourth-order valence-corrected chi connectivity index (χ4v) is 3.06. The SMILES string of the molecule is O=C(COC(=O)Cn1[nH]c(=O)c2ccccc2c1=O)NCc1ccc(Cl)cc1Cl. The van der Waals surface area contributed by atoms with E-state index in [0.717, 1.165) is 4.68 Å². The fraction of sp³-hybridized carbons (Fsp3) is 0.158. The van der Waals surface area contributed by atoms with Crippen LogP contribution in [0.25, 0.3) is 10.8 Å². The number of H-pyrrole nitrogens is 1. The highest BCUT2D eigenvalue weighted by atomic mass is 35.5. The van der Waals surface area contributed by atoms with E-state index in [4.69, 9.17) is 27.9 Å². The molecule has 2 aromatic carbocycles. The van der Waals surface area contributed by atoms with E-state index in [1.807, 2.05) is 0 Å². The molecule has 10 heteroatoms. The zero-order valence-corrected chi connectivity index (χ0v) is 16.4. The molecule has 0 saturated carbocycles. The lowest BCUT2D eigenvalue weighted by Crippen LogP contribution is -2.34. The van der Waals surface area contributed by atoms with Gasteiger partial charge in [0.05, 0.1) is 10.8 Å². The number of ether oxygens (including phenoxy) is 1. The molecule has 1 amide bonds. The lowest BCUT2D eigenvalue weighted by Gasteiger charge is -2.09. The first kappa shape index (κ1) is 20.6. The van der Waals surface area contributed by atoms with Crippen LogP contribution in [-0.4, -0.2) is 28.3 Å². The van der Waals surface area contributed by atoms with Crippen molar-refractivity contribution in [3.05, 3.63) is 78.8 Å². The van der Waals surface area contributed by atoms with Gasteiger partial charge >= 0.3 is 5.97 Å². The third kappa shape index (κ3) is 5.04. The maximum atomic E-state index is 12.4. The number of benzene rings is 2. The number of nitrogens with zero attached hydrogens (tertiary/aromatic N) is 1. The molecule has 150 valence electrons. The number of hydrogen-bond donors (Lipinski definition) is 2. The van der Waals surface area contributed by atoms with E-state index in [-0.39, 0.29) is 17.3 Å². The summed E-state index contributed by atoms with van der Waals surface area (Å²) in [4.78, 5) is 48.2. The minimum Gasteiger partial charge on any atom is -0.454 e. The Labute approximate surface area is 174 Å². The first-order valence-corrected chi connectivity index (χ1v) is 9.19. The van der Waals surface area contributed by atoms with Gasteiger partial charge in [0.1, 0.15) is 6.54 Å². The number of esters is 1. The van der Waals surface area contributed by atoms with Crippen LogP contribution in [0.15, 0.2) is 52.1 Å². The van der Waals surface area contributed by atoms with Crippen molar-refractivity contribution in [2.45, 2.75) is 13.1 Å². The van der Waals surface area contributed by atoms with Crippen molar-refractivity contribution in [2.75, 3.05) is 6.61 Å². The van der Waals surface area contributed by atoms with Crippen LogP contribution in [0, 0.1) is 0 Å². The van der Waals surface area contributed by atoms with Crippen LogP contribution >= 0.6 is 23.2 Å². The van der Waals surface area contributed by atoms with Crippen molar-refractivity contribution < 1.29 is 14.3 Å². The normalized spacial score (nSPS) is 10.7. The van der Waals surface area contributed by atoms with Crippen molar-refractivity contribution in [2.24, 2.45) is 0 Å². The molecular weight excluding hydrogens is 421 g/mol. The largest absolute Gasteiger partial charge is 0.454 e. The predicted molar refractivity (Wildman–Crippen MR) is 108 cm³/mol. The molecule has 3 aromatic rings. The van der Waals surface area contributed by atoms with E-state index >= 15 is 0 Å². The van der Waals surface area contributed by atoms with Gasteiger partial charge in [-0.2, -0.15) is 0 Å². The van der Waals surface area contributed by atoms with Crippen molar-refractivity contribution in [1.82, 2.24) is 15.1 Å². The molecular formula is C19H15Cl2N3O5. The highest BCUT2D eigenvalue weighted by molar-refractivity contribution is 6.35. The highest BCUT2D eigenvalue weighted by Crippen LogP contribution is 2.20. The van der Waals surface area contributed by atoms with E-state index in [0.29, 0.717) is 15.6 Å². The number of carbonyl (C=O) groups excluding carboxylic acids is 2. The van der Waals surface area contributed by atoms with Crippen molar-refractivity contribution in [1.29, 1.82) is 0 Å². The molecule has 0 fully saturated rings. The second kappa shape index (κ2) is 8.93. The number of aromatic amines is 1. The molecule has 0 aliphatic heterocycles. The Morgan fingerprint density at radius 2 is 1.79 bits per heavy atom. The lowest BCUT2D eigenvalue weighted by atomic mass is 10.2. The number of rotatable bonds is 6. The summed E-state index contributed by atoms with van der Waals surface area (Å²) in [5.74, 6) is -1.40. The average molecular weight is 436 g/mol. The molecule has 0 atom stereocenters. The molecule has 0 unspecified atom stereocenters. The molecule has 1 heterocycles. The Kier molecular flexibility index (Phi) is 6.36. The minimum atomic E-state index is -0.849. The van der Waals surface area contributed by atoms with Crippen LogP contribution in [0.1, 0.15) is 5.56 Å². The number of aromatic nitrogens is 2. The minimum absolute atomic E-state index is 0.129. The van der Waals surface area contributed by atoms with Crippen LogP contribution in [0.2, 0.25) is 10.0 Å². The van der Waals surface area contributed by atoms with Gasteiger partial charge in [-0.3, -0.25) is 24.3 Å². The third-order valence-corrected chi connectivity index (χ3v) is 4.61. The van der Waals surface area contributed by atoms with Crippen molar-refractivity contribution in [3.8, 4) is 0 Å². The average Bonchev–Trinajstić information content (AvgIpc) is 2.69. The Morgan fingerprint density at radius 1 is 1.07 bits per heavy atom. The summed E-state index contributed by atoms with van der Waals surface area (Å²) in [6.45, 7) is -0.949. The van der Waals surface area contributed by atoms with Gasteiger partial charge in [0.25, 0.3) is 17.0 Å². The summed E-state index contributed by atoms with van der Waals surface area (Å²) in [7, 11) is 0. The summed E-state index contributed by atoms with van der Waals surface area (Å²) >= 11 is 11.8. The molecule has 8 nitrogen and oxygen atoms in total. The first-order chi connectivity index (χ1) is 13.8. The molecule has 0 saturated heterocycles. The van der Waals surface area contributed by atoms with Crippen LogP contribution in [0.3, 0.4) is 0 Å². The monoisotopic (exact) mass is 435 g/mol. The molecule has 0 aliphatic carbocycles. The van der Waals surface area contributed by atoms with Gasteiger partial charge in [0, 0.05) is 16.6 Å². The number of carbonyl (C=O) groups is 2. The molecule has 0 aliphatic rings. The van der Waals surface area contributed by atoms with Gasteiger partial charge in [-0.15, -0.1) is 0 Å². The Hall–Kier alpha value is -3.10. The predicted octanol–water partition coefficient (Wildman–Crippen LogP) is 1.86. The molecule has 0 radical (unpaired) electrons. The zero-order chi connectivity index (χ0) is 21.0. The Balaban J connectivity index is 1.57. The molecule has 3 rings (SSSR count). The summed E-state index contributed by atoms with van der Waals surface area (Å²) in [6.07, 6.45) is 0. The third-order valence-electron chi connectivity index (χ3n) is 4.03. The number of halogens is 2. The van der Waals surface area contributed by atoms with Crippen molar-refractivity contribution >= 4 is 45.9 Å². The number of fused-ring (bicyclic) bond motifs is 1. The van der Waals surface area contributed by atoms with Gasteiger partial charge in [-0.05, 0) is 29.8 Å². The fourth-order valence-electron chi connectivity index (χ4n) is 2.59. The number of hydrogen-bond acceptors (Lipinski definition) is 5. The Morgan fingerprint density at radius 3 is 2.52 bits per heavy atom. The summed E-state index contributed by atoms with van der Waals surface area (Å²) in [5.41, 5.74) is -0.402. The Bertz CT molecular complexity index is 1200. The van der Waals surface area contributed by atoms with Crippen LogP contribution < -0.4 is 16.4 Å². The van der Waals surface area contributed by atoms with Crippen LogP contribution in [0.4, 0.5) is 0 Å². The van der Waals surface area contributed by atoms with Gasteiger partial charge < -0.3 is 10.1 Å². The number of amides is 1. The lowest BCUT2D eigenvalue weighted by molar-refractivity contribution is -0.149. The quantitative estimate of drug-likeness (QED) is 0.574. The molecule has 0 spiro atoms. The number of nitrogens with one attached hydrogen (secondary N) is 2. The maximum Gasteiger partial charge on any atom is 0.328 e. The van der Waals surface area contributed by atoms with Crippen LogP contribution in [-0.2, 0) is 27.4 Å². The van der Waals surface area contributed by atoms with Gasteiger partial charge in [0.2, 0.25) is 0 Å². The van der Waals surface area contributed by atoms with E-state index in [9.17, 15) is 19.2 Å². The standard InChI is InChI=1S/C19H15Cl2N3O5/c20-12-6-5-11(15(21)7-12)8-22-16(25)10-29-17(26)9-24-19(28)14-4-2-1-3-13(14)18(27)23-24/h1-7H,8-10H2,(H,22,25)(H,23,27). The van der Waals surface area contributed by atoms with E-state index in [1.165, 1.54) is 12.1 Å². The van der Waals surface area contributed by atoms with Crippen molar-refractivity contribution in [3.63, 3.8) is 0 Å². The van der Waals surface area contributed by atoms with E-state index in [2.05, 4.69) is 10.4 Å². The molecule has 1 aromatic heterocycles.